The molecule has 9 rings (SSSR count). The highest BCUT2D eigenvalue weighted by molar-refractivity contribution is 6.81. The van der Waals surface area contributed by atoms with Crippen LogP contribution in [-0.2, 0) is 77.3 Å². The van der Waals surface area contributed by atoms with Crippen LogP contribution in [0.5, 0.6) is 5.75 Å². The summed E-state index contributed by atoms with van der Waals surface area (Å²) in [7, 11) is -0.326. The third-order valence-electron chi connectivity index (χ3n) is 24.0. The predicted molar refractivity (Wildman–Crippen MR) is 639 cm³/mol. The average molecular weight is 2050 g/mol. The van der Waals surface area contributed by atoms with E-state index in [0.29, 0.717) is 42.8 Å². The minimum Gasteiger partial charge on any atom is -0.497 e. The molecule has 0 spiro atoms. The van der Waals surface area contributed by atoms with Crippen LogP contribution in [0.25, 0.3) is 11.1 Å². The van der Waals surface area contributed by atoms with E-state index in [9.17, 15) is 28.8 Å². The van der Waals surface area contributed by atoms with Crippen molar-refractivity contribution in [1.82, 2.24) is 0 Å². The van der Waals surface area contributed by atoms with E-state index in [0.717, 1.165) is 71.2 Å². The van der Waals surface area contributed by atoms with Crippen LogP contribution < -0.4 is 4.74 Å². The number of fused-ring (bicyclic) bond motifs is 3. The number of allylic oxidation sites excluding steroid dienone is 1. The molecule has 8 aromatic carbocycles. The zero-order valence-corrected chi connectivity index (χ0v) is 103. The van der Waals surface area contributed by atoms with Crippen molar-refractivity contribution in [2.75, 3.05) is 26.9 Å². The van der Waals surface area contributed by atoms with Gasteiger partial charge in [0.25, 0.3) is 0 Å². The Morgan fingerprint density at radius 2 is 0.678 bits per heavy atom. The third kappa shape index (κ3) is 70.4. The van der Waals surface area contributed by atoms with Crippen LogP contribution in [0.15, 0.2) is 250 Å². The second-order valence-electron chi connectivity index (χ2n) is 47.6. The Kier molecular flexibility index (Phi) is 78.1. The van der Waals surface area contributed by atoms with E-state index >= 15 is 0 Å². The molecule has 0 saturated carbocycles. The number of esters is 5. The Labute approximate surface area is 899 Å². The van der Waals surface area contributed by atoms with Gasteiger partial charge in [0.1, 0.15) is 37.0 Å². The number of hydrogen-bond donors (Lipinski definition) is 0. The van der Waals surface area contributed by atoms with Crippen LogP contribution in [0.3, 0.4) is 0 Å². The summed E-state index contributed by atoms with van der Waals surface area (Å²) in [6, 6.07) is 78.9. The first-order valence-electron chi connectivity index (χ1n) is 54.2. The molecule has 0 N–H and O–H groups in total. The number of ketones is 1. The van der Waals surface area contributed by atoms with Crippen LogP contribution >= 0.6 is 0 Å². The van der Waals surface area contributed by atoms with Crippen LogP contribution in [0, 0.1) is 82.3 Å². The van der Waals surface area contributed by atoms with Gasteiger partial charge in [-0.05, 0) is 173 Å². The van der Waals surface area contributed by atoms with Crippen molar-refractivity contribution in [1.29, 1.82) is 0 Å². The molecule has 0 fully saturated rings. The van der Waals surface area contributed by atoms with Gasteiger partial charge in [0, 0.05) is 25.3 Å². The standard InChI is InChI=1S/C22H22.C18H18O2.C11H14O2.C11H16O.C10H14.C9H20O2Si.C9H22Si.C8H16O2.C7H12O2.C7H16.C6H12.C5H10O.C5H12.C4H10/c1-18(2)22(19-12-6-3-7-13-19,20-14-8-4-9-15-20)21-16-10-5-11-17-21;1-12(2)18(19)20-11-17-15-9-5-3-7-13(15)14-8-4-6-10-16(14)17;1-9(2)11(12)13-8-10-6-4-3-5-7-10;1-9(2)8-10-4-6-11(12-3)7-5-10;1-9(2)8-10-6-4-3-5-7-10;1-8(2)9(10)11-6-7-12(3,4)5;1-8(2)10(6,7)9(3,4)5;1-6(2)7(9)10-8(3,4)5;1-4-5-9-7(8)6(2)3;1-6(2)7(3,4)5;1-4-5-6(2)3;1-4(2)5(3)6;1-4-5(2)3;1-4(2)3/h3-18H,1-2H3;3-10,12,17H,11H2,1-2H3;3-7,9H,8H2,1-2H3;4-7,9H,8H2,1-3H3;3-7,9H,8H2,1-2H3;8H,6-7H2,1-5H3;8H,1-7H3;6H,1-5H3;4,6H,1,5H2,2-3H3;6H,1-5H3;4,6H,1,5H2,2-3H3;4H,1-3H3;5H,4H2,1-3H3;4H,1-3H3. The van der Waals surface area contributed by atoms with Gasteiger partial charge in [0.15, 0.2) is 0 Å². The van der Waals surface area contributed by atoms with Crippen molar-refractivity contribution >= 4 is 51.8 Å². The molecule has 0 bridgehead atoms. The van der Waals surface area contributed by atoms with Crippen molar-refractivity contribution in [2.24, 2.45) is 82.3 Å². The Hall–Kier alpha value is -9.51. The van der Waals surface area contributed by atoms with Crippen LogP contribution in [0.1, 0.15) is 340 Å². The number of hydrogen-bond acceptors (Lipinski definition) is 12. The van der Waals surface area contributed by atoms with E-state index in [1.54, 1.807) is 34.0 Å². The summed E-state index contributed by atoms with van der Waals surface area (Å²) in [6.45, 7) is 104. The SMILES string of the molecule is C=CCC(C)C.C=CCOC(=O)C(C)C.CC(=O)C(C)C.CC(C)C.CC(C)C(=O)OC(C)(C)C.CC(C)C(=O)OCC1c2ccccc2-c2ccccc21.CC(C)C(=O)OCC[Si](C)(C)C.CC(C)C(=O)OCc1ccccc1.CC(C)C(C)(C)C.CC(C)C(c1ccccc1)(c1ccccc1)c1ccccc1.CC(C)Cc1ccccc1.CC(C)[Si](C)(C)C(C)(C)C.CCC(C)C.COc1ccc(CC(C)C)cc1. The topological polar surface area (TPSA) is 158 Å². The number of ether oxygens (including phenoxy) is 6. The van der Waals surface area contributed by atoms with Gasteiger partial charge in [-0.25, -0.2) is 0 Å². The lowest BCUT2D eigenvalue weighted by molar-refractivity contribution is -0.158. The number of carbonyl (C=O) groups is 6. The normalized spacial score (nSPS) is 11.3. The van der Waals surface area contributed by atoms with Crippen molar-refractivity contribution in [3.8, 4) is 16.9 Å². The minimum atomic E-state index is -1.04. The van der Waals surface area contributed by atoms with Crippen LogP contribution in [0.4, 0.5) is 0 Å². The lowest BCUT2D eigenvalue weighted by Crippen LogP contribution is -2.39. The molecule has 12 nitrogen and oxygen atoms in total. The van der Waals surface area contributed by atoms with E-state index in [-0.39, 0.29) is 88.1 Å². The first-order chi connectivity index (χ1) is 67.5. The fraction of sp³-hybridized carbons (Fsp3) is 0.561. The summed E-state index contributed by atoms with van der Waals surface area (Å²) in [6.07, 6.45) is 8.29. The first-order valence-corrected chi connectivity index (χ1v) is 61.0. The largest absolute Gasteiger partial charge is 0.497 e. The molecule has 146 heavy (non-hydrogen) atoms. The van der Waals surface area contributed by atoms with Crippen molar-refractivity contribution < 1.29 is 57.2 Å². The van der Waals surface area contributed by atoms with Crippen molar-refractivity contribution in [2.45, 2.75) is 376 Å². The molecule has 14 heteroatoms. The molecule has 0 heterocycles. The average Bonchev–Trinajstić information content (AvgIpc) is 0.987. The second-order valence-corrected chi connectivity index (χ2v) is 59.3. The smallest absolute Gasteiger partial charge is 0.308 e. The van der Waals surface area contributed by atoms with Gasteiger partial charge in [0.05, 0.1) is 51.4 Å². The van der Waals surface area contributed by atoms with Crippen molar-refractivity contribution in [3.63, 3.8) is 0 Å². The quantitative estimate of drug-likeness (QED) is 0.0150. The molecule has 0 amide bonds. The fourth-order valence-electron chi connectivity index (χ4n) is 12.1. The number of benzene rings is 8. The Balaban J connectivity index is -0.000000501. The number of rotatable bonds is 28. The highest BCUT2D eigenvalue weighted by Gasteiger charge is 2.40. The molecule has 1 aliphatic rings. The van der Waals surface area contributed by atoms with Gasteiger partial charge in [-0.15, -0.1) is 6.58 Å². The molecular weight excluding hydrogens is 1830 g/mol. The Morgan fingerprint density at radius 3 is 0.925 bits per heavy atom. The molecule has 822 valence electrons. The van der Waals surface area contributed by atoms with Gasteiger partial charge < -0.3 is 28.4 Å². The van der Waals surface area contributed by atoms with E-state index in [1.807, 2.05) is 151 Å². The van der Waals surface area contributed by atoms with Gasteiger partial charge >= 0.3 is 29.8 Å². The minimum absolute atomic E-state index is 0.00614. The lowest BCUT2D eigenvalue weighted by Gasteiger charge is -2.40. The maximum absolute atomic E-state index is 11.7. The highest BCUT2D eigenvalue weighted by atomic mass is 28.3. The Morgan fingerprint density at radius 1 is 0.370 bits per heavy atom. The summed E-state index contributed by atoms with van der Waals surface area (Å²) in [4.78, 5) is 65.5. The van der Waals surface area contributed by atoms with Gasteiger partial charge in [-0.1, -0.05) is 525 Å². The summed E-state index contributed by atoms with van der Waals surface area (Å²) < 4.78 is 30.4. The first kappa shape index (κ1) is 145. The van der Waals surface area contributed by atoms with Crippen LogP contribution in [-0.4, -0.2) is 84.3 Å². The lowest BCUT2D eigenvalue weighted by atomic mass is 9.63. The maximum Gasteiger partial charge on any atom is 0.308 e. The number of methoxy groups -OCH3 is 1. The molecule has 0 aliphatic heterocycles. The number of Topliss-reactive ketones (excluding diaryl/α,β-unsaturated/α-hetero) is 1. The maximum atomic E-state index is 11.7. The van der Waals surface area contributed by atoms with Gasteiger partial charge in [-0.2, -0.15) is 0 Å². The van der Waals surface area contributed by atoms with E-state index in [1.165, 1.54) is 62.9 Å². The second kappa shape index (κ2) is 78.7. The highest BCUT2D eigenvalue weighted by Crippen LogP contribution is 2.47. The summed E-state index contributed by atoms with van der Waals surface area (Å²) in [5.41, 5.74) is 13.8. The molecule has 0 atom stereocenters. The molecule has 0 saturated heterocycles. The zero-order chi connectivity index (χ0) is 114. The summed E-state index contributed by atoms with van der Waals surface area (Å²) >= 11 is 0. The molecule has 0 unspecified atom stereocenters. The summed E-state index contributed by atoms with van der Waals surface area (Å²) in [5.74, 6) is 5.94. The molecule has 0 aromatic heterocycles. The van der Waals surface area contributed by atoms with E-state index in [4.69, 9.17) is 28.4 Å². The fourth-order valence-corrected chi connectivity index (χ4v) is 14.6. The van der Waals surface area contributed by atoms with Crippen molar-refractivity contribution in [3.05, 3.63) is 294 Å². The van der Waals surface area contributed by atoms with E-state index < -0.39 is 16.1 Å². The third-order valence-corrected chi connectivity index (χ3v) is 32.5. The zero-order valence-electron chi connectivity index (χ0n) is 101. The van der Waals surface area contributed by atoms with Gasteiger partial charge in [0.2, 0.25) is 0 Å². The number of carbonyl (C=O) groups excluding carboxylic acids is 6. The molecular formula is C132H214O12Si2. The Bertz CT molecular complexity index is 4500. The summed E-state index contributed by atoms with van der Waals surface area (Å²) in [5, 5.41) is 0.557. The molecule has 1 aliphatic carbocycles. The van der Waals surface area contributed by atoms with Crippen LogP contribution in [0.2, 0.25) is 49.4 Å². The van der Waals surface area contributed by atoms with E-state index in [2.05, 4.69) is 382 Å². The molecule has 0 radical (unpaired) electrons. The molecule has 8 aromatic rings. The monoisotopic (exact) mass is 2050 g/mol. The predicted octanol–water partition coefficient (Wildman–Crippen LogP) is 37.5. The van der Waals surface area contributed by atoms with Gasteiger partial charge in [-0.3, -0.25) is 28.8 Å².